The number of halogens is 1. The Morgan fingerprint density at radius 3 is 1.29 bits per heavy atom. The first kappa shape index (κ1) is 35.6. The number of hydrogen-bond acceptors (Lipinski definition) is 15. The van der Waals surface area contributed by atoms with E-state index in [0.717, 1.165) is 36.4 Å². The lowest BCUT2D eigenvalue weighted by Crippen LogP contribution is -2.52. The molecule has 9 N–H and O–H groups in total. The lowest BCUT2D eigenvalue weighted by molar-refractivity contribution is -0.160. The van der Waals surface area contributed by atoms with Gasteiger partial charge in [-0.25, -0.2) is 14.4 Å². The quantitative estimate of drug-likeness (QED) is 0.0913. The van der Waals surface area contributed by atoms with Crippen molar-refractivity contribution in [2.45, 2.75) is 18.1 Å². The van der Waals surface area contributed by atoms with E-state index in [-0.39, 0.29) is 4.47 Å². The predicted molar refractivity (Wildman–Crippen MR) is 164 cm³/mol. The zero-order chi connectivity index (χ0) is 36.0. The van der Waals surface area contributed by atoms with Crippen LogP contribution in [-0.2, 0) is 28.6 Å². The monoisotopic (exact) mass is 747 g/mol. The van der Waals surface area contributed by atoms with Crippen LogP contribution in [0.15, 0.2) is 53.0 Å². The van der Waals surface area contributed by atoms with E-state index in [9.17, 15) is 59.4 Å². The molecule has 1 fully saturated rings. The summed E-state index contributed by atoms with van der Waals surface area (Å²) in [6.45, 7) is -2.88. The van der Waals surface area contributed by atoms with Crippen molar-refractivity contribution in [2.75, 3.05) is 19.8 Å². The van der Waals surface area contributed by atoms with Crippen molar-refractivity contribution in [3.8, 4) is 34.5 Å². The van der Waals surface area contributed by atoms with Crippen molar-refractivity contribution in [3.05, 3.63) is 69.7 Å². The number of hydrogen-bond donors (Lipinski definition) is 9. The maximum absolute atomic E-state index is 13.1. The first-order valence-corrected chi connectivity index (χ1v) is 14.6. The Hall–Kier alpha value is -6.24. The van der Waals surface area contributed by atoms with Crippen molar-refractivity contribution in [2.24, 2.45) is 0 Å². The molecule has 1 heterocycles. The summed E-state index contributed by atoms with van der Waals surface area (Å²) in [6, 6.07) is 3.38. The molecule has 0 spiro atoms. The molecule has 3 unspecified atom stereocenters. The minimum Gasteiger partial charge on any atom is -0.504 e. The smallest absolute Gasteiger partial charge is 0.332 e. The van der Waals surface area contributed by atoms with Crippen molar-refractivity contribution in [1.82, 2.24) is 16.0 Å². The van der Waals surface area contributed by atoms with E-state index in [0.29, 0.717) is 0 Å². The Balaban J connectivity index is 1.64. The first-order chi connectivity index (χ1) is 23.2. The van der Waals surface area contributed by atoms with Gasteiger partial charge < -0.3 is 60.8 Å². The van der Waals surface area contributed by atoms with E-state index in [2.05, 4.69) is 31.9 Å². The van der Waals surface area contributed by atoms with Crippen LogP contribution in [0, 0.1) is 0 Å². The van der Waals surface area contributed by atoms with Gasteiger partial charge in [0.25, 0.3) is 17.7 Å². The number of ether oxygens (including phenoxy) is 3. The third-order valence-corrected chi connectivity index (χ3v) is 7.22. The van der Waals surface area contributed by atoms with Crippen LogP contribution >= 0.6 is 15.9 Å². The number of nitrogens with one attached hydrogen (secondary N) is 3. The summed E-state index contributed by atoms with van der Waals surface area (Å²) < 4.78 is 15.5. The molecule has 19 heteroatoms. The van der Waals surface area contributed by atoms with Gasteiger partial charge >= 0.3 is 17.9 Å². The van der Waals surface area contributed by atoms with Gasteiger partial charge in [-0.1, -0.05) is 28.1 Å². The highest BCUT2D eigenvalue weighted by atomic mass is 79.9. The molecule has 3 aromatic carbocycles. The molecule has 0 aliphatic carbocycles. The lowest BCUT2D eigenvalue weighted by Gasteiger charge is -2.25. The molecule has 0 aromatic heterocycles. The molecule has 0 saturated carbocycles. The number of cyclic esters (lactones) is 3. The maximum atomic E-state index is 13.1. The average molecular weight is 748 g/mol. The molecule has 258 valence electrons. The Morgan fingerprint density at radius 1 is 0.551 bits per heavy atom. The van der Waals surface area contributed by atoms with Crippen LogP contribution in [0.3, 0.4) is 0 Å². The van der Waals surface area contributed by atoms with Gasteiger partial charge in [0.05, 0.1) is 16.7 Å². The van der Waals surface area contributed by atoms with E-state index in [1.807, 2.05) is 0 Å². The molecule has 1 aliphatic heterocycles. The Labute approximate surface area is 283 Å². The number of carbonyl (C=O) groups is 6. The van der Waals surface area contributed by atoms with Crippen LogP contribution in [0.5, 0.6) is 34.5 Å². The van der Waals surface area contributed by atoms with Gasteiger partial charge in [0, 0.05) is 4.47 Å². The van der Waals surface area contributed by atoms with Crippen LogP contribution in [-0.4, -0.2) is 104 Å². The summed E-state index contributed by atoms with van der Waals surface area (Å²) in [4.78, 5) is 78.2. The molecule has 3 amide bonds. The number of amides is 3. The van der Waals surface area contributed by atoms with Gasteiger partial charge in [-0.3, -0.25) is 14.4 Å². The number of rotatable bonds is 6. The summed E-state index contributed by atoms with van der Waals surface area (Å²) >= 11 is 3.04. The number of phenolic OH excluding ortho intramolecular Hbond substituents is 6. The van der Waals surface area contributed by atoms with Gasteiger partial charge in [-0.15, -0.1) is 0 Å². The summed E-state index contributed by atoms with van der Waals surface area (Å²) in [5.41, 5.74) is -1.51. The Kier molecular flexibility index (Phi) is 11.0. The number of benzene rings is 3. The van der Waals surface area contributed by atoms with Gasteiger partial charge in [-0.2, -0.15) is 0 Å². The van der Waals surface area contributed by atoms with E-state index in [4.69, 9.17) is 14.2 Å². The molecular formula is C30H26BrN3O15. The van der Waals surface area contributed by atoms with Crippen LogP contribution in [0.25, 0.3) is 0 Å². The van der Waals surface area contributed by atoms with Gasteiger partial charge in [0.15, 0.2) is 52.6 Å². The molecule has 3 atom stereocenters. The van der Waals surface area contributed by atoms with Crippen LogP contribution in [0.1, 0.15) is 31.1 Å². The van der Waals surface area contributed by atoms with Crippen LogP contribution in [0.4, 0.5) is 0 Å². The fourth-order valence-electron chi connectivity index (χ4n) is 4.20. The number of carbonyl (C=O) groups excluding carboxylic acids is 6. The summed E-state index contributed by atoms with van der Waals surface area (Å²) in [5, 5.41) is 66.2. The molecule has 18 nitrogen and oxygen atoms in total. The Bertz CT molecular complexity index is 1770. The molecule has 1 saturated heterocycles. The molecule has 0 bridgehead atoms. The summed E-state index contributed by atoms with van der Waals surface area (Å²) in [5.74, 6) is -12.0. The first-order valence-electron chi connectivity index (χ1n) is 13.8. The topological polar surface area (TPSA) is 288 Å². The van der Waals surface area contributed by atoms with Gasteiger partial charge in [-0.05, 0) is 36.4 Å². The van der Waals surface area contributed by atoms with Gasteiger partial charge in [0.2, 0.25) is 0 Å². The fourth-order valence-corrected chi connectivity index (χ4v) is 4.64. The predicted octanol–water partition coefficient (Wildman–Crippen LogP) is 0.0215. The maximum Gasteiger partial charge on any atom is 0.332 e. The molecule has 0 radical (unpaired) electrons. The molecular weight excluding hydrogens is 722 g/mol. The standard InChI is InChI=1S/C30H26BrN3O15/c31-12-7-15(24(40)21(37)8-12)27(43)34-18-11-49-29(45)16(32-25(41)13-3-1-5-19(35)22(13)38)9-47-28(44)17(10-48-30(18)46)33-26(42)14-4-2-6-20(36)23(14)39/h1-8,16-18,35-40H,9-11H2,(H,32,41)(H,33,42)(H,34,43). The summed E-state index contributed by atoms with van der Waals surface area (Å²) in [6.07, 6.45) is 0. The number of phenols is 6. The zero-order valence-corrected chi connectivity index (χ0v) is 26.3. The fraction of sp³-hybridized carbons (Fsp3) is 0.200. The Morgan fingerprint density at radius 2 is 0.898 bits per heavy atom. The minimum atomic E-state index is -1.86. The van der Waals surface area contributed by atoms with Crippen molar-refractivity contribution < 1.29 is 73.6 Å². The SMILES string of the molecule is O=C(NC1COC(=O)C(NC(=O)c2cccc(O)c2O)COC(=O)C(NC(=O)c2cc(Br)cc(O)c2O)COC1=O)c1cccc(O)c1O. The summed E-state index contributed by atoms with van der Waals surface area (Å²) in [7, 11) is 0. The average Bonchev–Trinajstić information content (AvgIpc) is 3.05. The van der Waals surface area contributed by atoms with E-state index < -0.39 is 125 Å². The normalized spacial score (nSPS) is 18.4. The molecule has 49 heavy (non-hydrogen) atoms. The highest BCUT2D eigenvalue weighted by molar-refractivity contribution is 9.10. The van der Waals surface area contributed by atoms with Crippen molar-refractivity contribution in [3.63, 3.8) is 0 Å². The largest absolute Gasteiger partial charge is 0.504 e. The number of para-hydroxylation sites is 2. The van der Waals surface area contributed by atoms with Crippen LogP contribution in [0.2, 0.25) is 0 Å². The third kappa shape index (κ3) is 8.38. The molecule has 3 aromatic rings. The number of esters is 3. The van der Waals surface area contributed by atoms with Crippen molar-refractivity contribution in [1.29, 1.82) is 0 Å². The second-order valence-corrected chi connectivity index (χ2v) is 11.1. The van der Waals surface area contributed by atoms with Crippen LogP contribution < -0.4 is 16.0 Å². The lowest BCUT2D eigenvalue weighted by atomic mass is 10.1. The van der Waals surface area contributed by atoms with Crippen molar-refractivity contribution >= 4 is 51.6 Å². The minimum absolute atomic E-state index is 0.159. The molecule has 1 aliphatic rings. The van der Waals surface area contributed by atoms with E-state index >= 15 is 0 Å². The second-order valence-electron chi connectivity index (χ2n) is 10.1. The number of aromatic hydroxyl groups is 6. The third-order valence-electron chi connectivity index (χ3n) is 6.76. The van der Waals surface area contributed by atoms with Gasteiger partial charge in [0.1, 0.15) is 19.8 Å². The highest BCUT2D eigenvalue weighted by Gasteiger charge is 2.35. The second kappa shape index (κ2) is 15.1. The zero-order valence-electron chi connectivity index (χ0n) is 24.7. The van der Waals surface area contributed by atoms with E-state index in [1.54, 1.807) is 0 Å². The van der Waals surface area contributed by atoms with E-state index in [1.165, 1.54) is 12.1 Å². The molecule has 4 rings (SSSR count). The highest BCUT2D eigenvalue weighted by Crippen LogP contribution is 2.33.